The van der Waals surface area contributed by atoms with Crippen LogP contribution in [0, 0.1) is 5.82 Å². The second kappa shape index (κ2) is 8.18. The van der Waals surface area contributed by atoms with Crippen LogP contribution in [-0.2, 0) is 0 Å². The van der Waals surface area contributed by atoms with Crippen molar-refractivity contribution in [3.8, 4) is 11.1 Å². The van der Waals surface area contributed by atoms with Crippen molar-refractivity contribution in [2.75, 3.05) is 13.1 Å². The molecule has 6 nitrogen and oxygen atoms in total. The number of nitrogens with one attached hydrogen (secondary N) is 1. The minimum Gasteiger partial charge on any atom is -0.346 e. The summed E-state index contributed by atoms with van der Waals surface area (Å²) in [6.07, 6.45) is 2.09. The molecule has 0 unspecified atom stereocenters. The Morgan fingerprint density at radius 2 is 1.86 bits per heavy atom. The molecule has 0 bridgehead atoms. The molecule has 1 aromatic heterocycles. The van der Waals surface area contributed by atoms with Crippen molar-refractivity contribution in [3.05, 3.63) is 83.9 Å². The van der Waals surface area contributed by atoms with E-state index in [1.807, 2.05) is 30.3 Å². The fourth-order valence-corrected chi connectivity index (χ4v) is 3.41. The smallest absolute Gasteiger partial charge is 0.272 e. The molecule has 2 aromatic carbocycles. The fourth-order valence-electron chi connectivity index (χ4n) is 3.41. The van der Waals surface area contributed by atoms with Crippen molar-refractivity contribution in [3.63, 3.8) is 0 Å². The molecule has 1 aliphatic rings. The number of halogens is 1. The third kappa shape index (κ3) is 4.13. The highest BCUT2D eigenvalue weighted by atomic mass is 19.1. The van der Waals surface area contributed by atoms with E-state index in [0.717, 1.165) is 11.1 Å². The molecule has 1 aliphatic heterocycles. The molecule has 0 aliphatic carbocycles. The summed E-state index contributed by atoms with van der Waals surface area (Å²) in [5.74, 6) is -1.27. The van der Waals surface area contributed by atoms with Crippen molar-refractivity contribution in [1.82, 2.24) is 20.4 Å². The molecule has 1 fully saturated rings. The summed E-state index contributed by atoms with van der Waals surface area (Å²) in [5.41, 5.74) is 1.86. The summed E-state index contributed by atoms with van der Waals surface area (Å²) < 4.78 is 14.6. The van der Waals surface area contributed by atoms with Gasteiger partial charge in [-0.05, 0) is 41.8 Å². The number of hydrogen-bond donors (Lipinski definition) is 1. The third-order valence-corrected chi connectivity index (χ3v) is 4.92. The van der Waals surface area contributed by atoms with Crippen LogP contribution in [0.25, 0.3) is 11.1 Å². The lowest BCUT2D eigenvalue weighted by molar-refractivity contribution is 0.0778. The van der Waals surface area contributed by atoms with Gasteiger partial charge in [-0.15, -0.1) is 5.10 Å². The Morgan fingerprint density at radius 3 is 2.59 bits per heavy atom. The zero-order chi connectivity index (χ0) is 20.2. The zero-order valence-corrected chi connectivity index (χ0v) is 15.6. The van der Waals surface area contributed by atoms with Gasteiger partial charge in [-0.25, -0.2) is 4.39 Å². The summed E-state index contributed by atoms with van der Waals surface area (Å²) in [5, 5.41) is 10.3. The molecule has 4 rings (SSSR count). The predicted octanol–water partition coefficient (Wildman–Crippen LogP) is 2.93. The molecule has 2 amide bonds. The van der Waals surface area contributed by atoms with Crippen LogP contribution in [0.4, 0.5) is 4.39 Å². The van der Waals surface area contributed by atoms with Crippen LogP contribution in [0.1, 0.15) is 27.3 Å². The van der Waals surface area contributed by atoms with Crippen molar-refractivity contribution in [2.45, 2.75) is 12.5 Å². The van der Waals surface area contributed by atoms with E-state index >= 15 is 0 Å². The van der Waals surface area contributed by atoms with E-state index in [1.165, 1.54) is 18.3 Å². The van der Waals surface area contributed by atoms with Crippen LogP contribution < -0.4 is 5.32 Å². The number of carbonyl (C=O) groups is 2. The maximum absolute atomic E-state index is 14.6. The molecule has 0 spiro atoms. The van der Waals surface area contributed by atoms with Gasteiger partial charge in [0.1, 0.15) is 5.82 Å². The minimum atomic E-state index is -0.552. The van der Waals surface area contributed by atoms with Crippen LogP contribution in [0.15, 0.2) is 66.9 Å². The number of amides is 2. The van der Waals surface area contributed by atoms with Crippen LogP contribution in [0.5, 0.6) is 0 Å². The van der Waals surface area contributed by atoms with Gasteiger partial charge in [0, 0.05) is 25.3 Å². The quantitative estimate of drug-likeness (QED) is 0.743. The first-order valence-corrected chi connectivity index (χ1v) is 9.34. The summed E-state index contributed by atoms with van der Waals surface area (Å²) in [4.78, 5) is 26.5. The summed E-state index contributed by atoms with van der Waals surface area (Å²) in [7, 11) is 0. The first kappa shape index (κ1) is 18.7. The lowest BCUT2D eigenvalue weighted by Gasteiger charge is -2.18. The monoisotopic (exact) mass is 390 g/mol. The topological polar surface area (TPSA) is 75.2 Å². The van der Waals surface area contributed by atoms with Crippen molar-refractivity contribution in [2.24, 2.45) is 0 Å². The second-order valence-electron chi connectivity index (χ2n) is 6.88. The van der Waals surface area contributed by atoms with E-state index in [0.29, 0.717) is 19.5 Å². The SMILES string of the molecule is O=C(N[C@@H]1CCN(C(=O)c2ccc(-c3ccccc3)cc2F)C1)c1cccnn1. The molecule has 2 heterocycles. The molecular weight excluding hydrogens is 371 g/mol. The van der Waals surface area contributed by atoms with E-state index in [2.05, 4.69) is 15.5 Å². The van der Waals surface area contributed by atoms with Crippen molar-refractivity contribution in [1.29, 1.82) is 0 Å². The molecule has 0 saturated carbocycles. The normalized spacial score (nSPS) is 15.9. The average Bonchev–Trinajstić information content (AvgIpc) is 3.23. The van der Waals surface area contributed by atoms with Gasteiger partial charge < -0.3 is 10.2 Å². The highest BCUT2D eigenvalue weighted by Gasteiger charge is 2.29. The van der Waals surface area contributed by atoms with Crippen LogP contribution in [-0.4, -0.2) is 46.0 Å². The van der Waals surface area contributed by atoms with Crippen molar-refractivity contribution >= 4 is 11.8 Å². The van der Waals surface area contributed by atoms with Crippen LogP contribution in [0.3, 0.4) is 0 Å². The standard InChI is InChI=1S/C22H19FN4O2/c23-19-13-16(15-5-2-1-3-6-15)8-9-18(19)22(29)27-12-10-17(14-27)25-21(28)20-7-4-11-24-26-20/h1-9,11,13,17H,10,12,14H2,(H,25,28)/t17-/m1/s1. The third-order valence-electron chi connectivity index (χ3n) is 4.92. The molecule has 146 valence electrons. The van der Waals surface area contributed by atoms with Gasteiger partial charge in [0.15, 0.2) is 5.69 Å². The van der Waals surface area contributed by atoms with Gasteiger partial charge in [-0.1, -0.05) is 36.4 Å². The van der Waals surface area contributed by atoms with Gasteiger partial charge in [0.25, 0.3) is 11.8 Å². The molecule has 3 aromatic rings. The Bertz CT molecular complexity index is 1030. The maximum Gasteiger partial charge on any atom is 0.272 e. The maximum atomic E-state index is 14.6. The van der Waals surface area contributed by atoms with Gasteiger partial charge in [-0.2, -0.15) is 5.10 Å². The number of rotatable bonds is 4. The van der Waals surface area contributed by atoms with Gasteiger partial charge >= 0.3 is 0 Å². The molecular formula is C22H19FN4O2. The predicted molar refractivity (Wildman–Crippen MR) is 106 cm³/mol. The molecule has 1 N–H and O–H groups in total. The summed E-state index contributed by atoms with van der Waals surface area (Å²) in [6.45, 7) is 0.773. The number of nitrogens with zero attached hydrogens (tertiary/aromatic N) is 3. The first-order valence-electron chi connectivity index (χ1n) is 9.34. The van der Waals surface area contributed by atoms with E-state index < -0.39 is 5.82 Å². The van der Waals surface area contributed by atoms with E-state index in [9.17, 15) is 14.0 Å². The van der Waals surface area contributed by atoms with Gasteiger partial charge in [0.05, 0.1) is 5.56 Å². The number of hydrogen-bond acceptors (Lipinski definition) is 4. The second-order valence-corrected chi connectivity index (χ2v) is 6.88. The Kier molecular flexibility index (Phi) is 5.29. The number of carbonyl (C=O) groups excluding carboxylic acids is 2. The van der Waals surface area contributed by atoms with E-state index in [-0.39, 0.29) is 29.1 Å². The largest absolute Gasteiger partial charge is 0.346 e. The zero-order valence-electron chi connectivity index (χ0n) is 15.6. The van der Waals surface area contributed by atoms with Crippen LogP contribution >= 0.6 is 0 Å². The summed E-state index contributed by atoms with van der Waals surface area (Å²) >= 11 is 0. The minimum absolute atomic E-state index is 0.0329. The molecule has 29 heavy (non-hydrogen) atoms. The van der Waals surface area contributed by atoms with Gasteiger partial charge in [-0.3, -0.25) is 9.59 Å². The highest BCUT2D eigenvalue weighted by molar-refractivity contribution is 5.95. The van der Waals surface area contributed by atoms with Gasteiger partial charge in [0.2, 0.25) is 0 Å². The molecule has 1 atom stereocenters. The highest BCUT2D eigenvalue weighted by Crippen LogP contribution is 2.23. The Morgan fingerprint density at radius 1 is 1.03 bits per heavy atom. The Labute approximate surface area is 167 Å². The van der Waals surface area contributed by atoms with E-state index in [1.54, 1.807) is 23.1 Å². The first-order chi connectivity index (χ1) is 14.1. The number of benzene rings is 2. The number of aromatic nitrogens is 2. The lowest BCUT2D eigenvalue weighted by atomic mass is 10.0. The summed E-state index contributed by atoms with van der Waals surface area (Å²) in [6, 6.07) is 17.1. The lowest BCUT2D eigenvalue weighted by Crippen LogP contribution is -2.39. The van der Waals surface area contributed by atoms with Crippen molar-refractivity contribution < 1.29 is 14.0 Å². The Hall–Kier alpha value is -3.61. The Balaban J connectivity index is 1.42. The van der Waals surface area contributed by atoms with Crippen LogP contribution in [0.2, 0.25) is 0 Å². The average molecular weight is 390 g/mol. The number of likely N-dealkylation sites (tertiary alicyclic amines) is 1. The molecule has 7 heteroatoms. The molecule has 1 saturated heterocycles. The molecule has 0 radical (unpaired) electrons. The van der Waals surface area contributed by atoms with E-state index in [4.69, 9.17) is 0 Å². The fraction of sp³-hybridized carbons (Fsp3) is 0.182.